The Balaban J connectivity index is 1.96. The monoisotopic (exact) mass is 352 g/mol. The van der Waals surface area contributed by atoms with Crippen LogP contribution in [0.3, 0.4) is 0 Å². The molecule has 0 aliphatic carbocycles. The van der Waals surface area contributed by atoms with Crippen LogP contribution < -0.4 is 0 Å². The van der Waals surface area contributed by atoms with Crippen molar-refractivity contribution in [3.63, 3.8) is 0 Å². The summed E-state index contributed by atoms with van der Waals surface area (Å²) in [7, 11) is 0. The SMILES string of the molecule is C=CC[N+]1=C(CCc2cc([N+](=O)O)ccc2O)C(C)(C)c2ccccc21. The lowest BCUT2D eigenvalue weighted by molar-refractivity contribution is -0.729. The Morgan fingerprint density at radius 2 is 1.92 bits per heavy atom. The summed E-state index contributed by atoms with van der Waals surface area (Å²) in [5.74, 6) is 0.125. The summed E-state index contributed by atoms with van der Waals surface area (Å²) < 4.78 is 2.27. The maximum Gasteiger partial charge on any atom is 0.317 e. The lowest BCUT2D eigenvalue weighted by Crippen LogP contribution is -2.30. The number of aryl methyl sites for hydroxylation is 1. The van der Waals surface area contributed by atoms with Gasteiger partial charge in [-0.15, -0.1) is 0 Å². The minimum absolute atomic E-state index is 0.111. The van der Waals surface area contributed by atoms with E-state index in [0.717, 1.165) is 6.42 Å². The Morgan fingerprint density at radius 1 is 1.19 bits per heavy atom. The standard InChI is InChI=1S/C21H23N2O3/c1-4-13-22-18-8-6-5-7-17(18)21(2,3)20(22)12-9-15-14-16(23(25)26)10-11-19(15)24/h4-8,10-11,14H,1,9,12-13H2,2-3H3,(H-,24,25,26)/q+1/p+1. The van der Waals surface area contributed by atoms with Crippen LogP contribution in [0.1, 0.15) is 31.4 Å². The second kappa shape index (κ2) is 6.75. The van der Waals surface area contributed by atoms with E-state index in [1.54, 1.807) is 0 Å². The molecular weight excluding hydrogens is 328 g/mol. The molecule has 1 heterocycles. The molecule has 3 rings (SSSR count). The molecule has 0 unspecified atom stereocenters. The number of phenols is 1. The molecule has 0 saturated carbocycles. The van der Waals surface area contributed by atoms with Crippen LogP contribution in [0.2, 0.25) is 0 Å². The molecule has 26 heavy (non-hydrogen) atoms. The fraction of sp³-hybridized carbons (Fsp3) is 0.286. The topological polar surface area (TPSA) is 63.5 Å². The van der Waals surface area contributed by atoms with Crippen LogP contribution in [-0.2, 0) is 11.8 Å². The van der Waals surface area contributed by atoms with E-state index in [1.807, 2.05) is 12.1 Å². The number of hydrogen-bond acceptors (Lipinski definition) is 2. The van der Waals surface area contributed by atoms with Crippen LogP contribution >= 0.6 is 0 Å². The third kappa shape index (κ3) is 3.01. The average molecular weight is 352 g/mol. The molecule has 0 atom stereocenters. The molecular formula is C21H24N2O3+2. The first-order valence-corrected chi connectivity index (χ1v) is 8.68. The molecule has 0 aromatic heterocycles. The molecule has 0 fully saturated rings. The van der Waals surface area contributed by atoms with E-state index < -0.39 is 0 Å². The van der Waals surface area contributed by atoms with Crippen LogP contribution in [0, 0.1) is 4.91 Å². The number of phenolic OH excluding ortho intramolecular Hbond substituents is 1. The van der Waals surface area contributed by atoms with Crippen molar-refractivity contribution >= 4 is 17.1 Å². The summed E-state index contributed by atoms with van der Waals surface area (Å²) in [6, 6.07) is 12.7. The number of benzene rings is 2. The molecule has 5 heteroatoms. The third-order valence-corrected chi connectivity index (χ3v) is 5.14. The molecule has 5 nitrogen and oxygen atoms in total. The van der Waals surface area contributed by atoms with Gasteiger partial charge in [0.25, 0.3) is 4.92 Å². The first kappa shape index (κ1) is 17.9. The summed E-state index contributed by atoms with van der Waals surface area (Å²) in [5, 5.41) is 19.2. The maximum absolute atomic E-state index is 11.1. The van der Waals surface area contributed by atoms with Crippen LogP contribution in [0.5, 0.6) is 5.75 Å². The van der Waals surface area contributed by atoms with Gasteiger partial charge in [-0.3, -0.25) is 0 Å². The molecule has 0 spiro atoms. The van der Waals surface area contributed by atoms with E-state index in [2.05, 4.69) is 43.2 Å². The van der Waals surface area contributed by atoms with Crippen molar-refractivity contribution in [1.82, 2.24) is 0 Å². The van der Waals surface area contributed by atoms with Gasteiger partial charge in [-0.05, 0) is 32.4 Å². The molecule has 0 bridgehead atoms. The first-order chi connectivity index (χ1) is 12.4. The van der Waals surface area contributed by atoms with Gasteiger partial charge in [-0.25, -0.2) is 5.21 Å². The normalized spacial score (nSPS) is 15.0. The third-order valence-electron chi connectivity index (χ3n) is 5.14. The smallest absolute Gasteiger partial charge is 0.317 e. The number of aromatic hydroxyl groups is 1. The second-order valence-corrected chi connectivity index (χ2v) is 7.07. The van der Waals surface area contributed by atoms with Crippen molar-refractivity contribution in [3.05, 3.63) is 71.2 Å². The van der Waals surface area contributed by atoms with E-state index in [-0.39, 0.29) is 21.8 Å². The highest BCUT2D eigenvalue weighted by Gasteiger charge is 2.44. The van der Waals surface area contributed by atoms with Crippen molar-refractivity contribution in [3.8, 4) is 5.75 Å². The minimum Gasteiger partial charge on any atom is -0.508 e. The maximum atomic E-state index is 11.1. The number of para-hydroxylation sites is 1. The number of nitrogens with zero attached hydrogens (tertiary/aromatic N) is 2. The molecule has 2 aromatic rings. The molecule has 1 aliphatic rings. The van der Waals surface area contributed by atoms with Gasteiger partial charge >= 0.3 is 5.69 Å². The van der Waals surface area contributed by atoms with Crippen molar-refractivity contribution < 1.29 is 19.8 Å². The largest absolute Gasteiger partial charge is 0.508 e. The lowest BCUT2D eigenvalue weighted by atomic mass is 9.79. The van der Waals surface area contributed by atoms with Gasteiger partial charge in [0.2, 0.25) is 5.69 Å². The fourth-order valence-electron chi connectivity index (χ4n) is 3.81. The molecule has 0 amide bonds. The summed E-state index contributed by atoms with van der Waals surface area (Å²) >= 11 is 0. The van der Waals surface area contributed by atoms with Gasteiger partial charge in [-0.2, -0.15) is 4.58 Å². The van der Waals surface area contributed by atoms with Crippen molar-refractivity contribution in [2.24, 2.45) is 0 Å². The summed E-state index contributed by atoms with van der Waals surface area (Å²) in [4.78, 5) is 10.9. The van der Waals surface area contributed by atoms with Crippen LogP contribution in [-0.4, -0.2) is 32.1 Å². The van der Waals surface area contributed by atoms with E-state index in [0.29, 0.717) is 18.5 Å². The van der Waals surface area contributed by atoms with Gasteiger partial charge in [0.1, 0.15) is 5.75 Å². The lowest BCUT2D eigenvalue weighted by Gasteiger charge is -2.17. The van der Waals surface area contributed by atoms with Crippen LogP contribution in [0.25, 0.3) is 0 Å². The van der Waals surface area contributed by atoms with Crippen LogP contribution in [0.15, 0.2) is 55.1 Å². The molecule has 0 radical (unpaired) electrons. The molecule has 1 aliphatic heterocycles. The summed E-state index contributed by atoms with van der Waals surface area (Å²) in [6.07, 6.45) is 3.17. The molecule has 2 N–H and O–H groups in total. The van der Waals surface area contributed by atoms with E-state index in [1.165, 1.54) is 35.2 Å². The fourth-order valence-corrected chi connectivity index (χ4v) is 3.81. The van der Waals surface area contributed by atoms with Crippen LogP contribution in [0.4, 0.5) is 11.4 Å². The molecule has 0 saturated heterocycles. The highest BCUT2D eigenvalue weighted by atomic mass is 16.6. The highest BCUT2D eigenvalue weighted by molar-refractivity contribution is 5.95. The Morgan fingerprint density at radius 3 is 2.62 bits per heavy atom. The van der Waals surface area contributed by atoms with Gasteiger partial charge < -0.3 is 5.11 Å². The summed E-state index contributed by atoms with van der Waals surface area (Å²) in [5.41, 5.74) is 4.32. The Kier molecular flexibility index (Phi) is 4.64. The predicted molar refractivity (Wildman–Crippen MR) is 101 cm³/mol. The number of hydrogen-bond donors (Lipinski definition) is 2. The van der Waals surface area contributed by atoms with Crippen molar-refractivity contribution in [2.75, 3.05) is 6.54 Å². The Bertz CT molecular complexity index is 913. The van der Waals surface area contributed by atoms with E-state index in [9.17, 15) is 10.0 Å². The molecule has 134 valence electrons. The van der Waals surface area contributed by atoms with E-state index >= 15 is 0 Å². The van der Waals surface area contributed by atoms with Gasteiger partial charge in [-0.1, -0.05) is 24.8 Å². The average Bonchev–Trinajstić information content (AvgIpc) is 2.82. The second-order valence-electron chi connectivity index (χ2n) is 7.07. The Labute approximate surface area is 153 Å². The molecule has 2 aromatic carbocycles. The van der Waals surface area contributed by atoms with Crippen molar-refractivity contribution in [2.45, 2.75) is 32.1 Å². The number of fused-ring (bicyclic) bond motifs is 1. The predicted octanol–water partition coefficient (Wildman–Crippen LogP) is 4.39. The quantitative estimate of drug-likeness (QED) is 0.460. The first-order valence-electron chi connectivity index (χ1n) is 8.68. The number of rotatable bonds is 6. The van der Waals surface area contributed by atoms with Gasteiger partial charge in [0.05, 0.1) is 10.3 Å². The van der Waals surface area contributed by atoms with Gasteiger partial charge in [0, 0.05) is 35.7 Å². The minimum atomic E-state index is -0.185. The summed E-state index contributed by atoms with van der Waals surface area (Å²) in [6.45, 7) is 9.00. The van der Waals surface area contributed by atoms with Crippen molar-refractivity contribution in [1.29, 1.82) is 0 Å². The zero-order chi connectivity index (χ0) is 18.9. The zero-order valence-electron chi connectivity index (χ0n) is 15.1. The Hall–Kier alpha value is -2.95. The zero-order valence-corrected chi connectivity index (χ0v) is 15.1. The highest BCUT2D eigenvalue weighted by Crippen LogP contribution is 2.40. The van der Waals surface area contributed by atoms with E-state index in [4.69, 9.17) is 5.21 Å². The van der Waals surface area contributed by atoms with Gasteiger partial charge in [0.15, 0.2) is 12.3 Å².